The summed E-state index contributed by atoms with van der Waals surface area (Å²) in [5, 5.41) is 3.10. The van der Waals surface area contributed by atoms with Crippen LogP contribution in [0.3, 0.4) is 0 Å². The van der Waals surface area contributed by atoms with Gasteiger partial charge >= 0.3 is 0 Å². The molecule has 1 amide bonds. The number of rotatable bonds is 8. The maximum absolute atomic E-state index is 11.9. The number of hydrogen-bond acceptors (Lipinski definition) is 3. The van der Waals surface area contributed by atoms with E-state index < -0.39 is 0 Å². The van der Waals surface area contributed by atoms with Crippen molar-refractivity contribution in [2.75, 3.05) is 13.7 Å². The Balaban J connectivity index is 0.00000400. The molecule has 3 N–H and O–H groups in total. The Labute approximate surface area is 133 Å². The third kappa shape index (κ3) is 6.82. The molecule has 1 unspecified atom stereocenters. The van der Waals surface area contributed by atoms with Crippen molar-refractivity contribution in [3.8, 4) is 5.75 Å². The van der Waals surface area contributed by atoms with Gasteiger partial charge in [0, 0.05) is 12.5 Å². The van der Waals surface area contributed by atoms with Gasteiger partial charge in [-0.2, -0.15) is 0 Å². The Morgan fingerprint density at radius 3 is 2.57 bits per heavy atom. The van der Waals surface area contributed by atoms with Gasteiger partial charge in [-0.05, 0) is 36.9 Å². The van der Waals surface area contributed by atoms with E-state index in [4.69, 9.17) is 10.5 Å². The van der Waals surface area contributed by atoms with Crippen LogP contribution in [0.5, 0.6) is 5.75 Å². The standard InChI is InChI=1S/C16H26N2O2.ClH/c1-12(2)14(18-16(19)9-6-10-17)11-13-7-4-5-8-15(13)20-3;/h4-5,7-8,12,14H,6,9-11,17H2,1-3H3,(H,18,19);1H. The lowest BCUT2D eigenvalue weighted by Gasteiger charge is -2.23. The summed E-state index contributed by atoms with van der Waals surface area (Å²) >= 11 is 0. The number of para-hydroxylation sites is 1. The predicted octanol–water partition coefficient (Wildman–Crippen LogP) is 2.54. The molecule has 0 aliphatic heterocycles. The van der Waals surface area contributed by atoms with Crippen molar-refractivity contribution in [3.05, 3.63) is 29.8 Å². The highest BCUT2D eigenvalue weighted by atomic mass is 35.5. The van der Waals surface area contributed by atoms with E-state index in [-0.39, 0.29) is 24.4 Å². The third-order valence-electron chi connectivity index (χ3n) is 3.39. The van der Waals surface area contributed by atoms with Gasteiger partial charge in [0.25, 0.3) is 0 Å². The molecule has 0 spiro atoms. The van der Waals surface area contributed by atoms with E-state index >= 15 is 0 Å². The summed E-state index contributed by atoms with van der Waals surface area (Å²) in [4.78, 5) is 11.9. The summed E-state index contributed by atoms with van der Waals surface area (Å²) in [5.41, 5.74) is 6.55. The van der Waals surface area contributed by atoms with Crippen LogP contribution in [0.4, 0.5) is 0 Å². The van der Waals surface area contributed by atoms with Gasteiger partial charge < -0.3 is 15.8 Å². The quantitative estimate of drug-likeness (QED) is 0.775. The first-order valence-corrected chi connectivity index (χ1v) is 7.19. The number of ether oxygens (including phenoxy) is 1. The lowest BCUT2D eigenvalue weighted by molar-refractivity contribution is -0.122. The van der Waals surface area contributed by atoms with E-state index in [9.17, 15) is 4.79 Å². The molecule has 0 saturated carbocycles. The second kappa shape index (κ2) is 10.5. The average Bonchev–Trinajstić information content (AvgIpc) is 2.44. The maximum Gasteiger partial charge on any atom is 0.220 e. The van der Waals surface area contributed by atoms with Crippen molar-refractivity contribution in [2.24, 2.45) is 11.7 Å². The molecule has 0 bridgehead atoms. The predicted molar refractivity (Wildman–Crippen MR) is 89.0 cm³/mol. The van der Waals surface area contributed by atoms with Crippen LogP contribution in [-0.4, -0.2) is 25.6 Å². The van der Waals surface area contributed by atoms with Crippen molar-refractivity contribution in [3.63, 3.8) is 0 Å². The first kappa shape index (κ1) is 19.7. The Bertz CT molecular complexity index is 424. The van der Waals surface area contributed by atoms with Crippen molar-refractivity contribution in [1.29, 1.82) is 0 Å². The fraction of sp³-hybridized carbons (Fsp3) is 0.562. The van der Waals surface area contributed by atoms with Gasteiger partial charge in [-0.1, -0.05) is 32.0 Å². The summed E-state index contributed by atoms with van der Waals surface area (Å²) in [7, 11) is 1.67. The molecule has 1 aromatic carbocycles. The largest absolute Gasteiger partial charge is 0.496 e. The molecule has 21 heavy (non-hydrogen) atoms. The van der Waals surface area contributed by atoms with Crippen LogP contribution in [0.15, 0.2) is 24.3 Å². The molecule has 4 nitrogen and oxygen atoms in total. The number of amides is 1. The fourth-order valence-electron chi connectivity index (χ4n) is 2.10. The molecule has 0 aliphatic carbocycles. The van der Waals surface area contributed by atoms with Crippen molar-refractivity contribution >= 4 is 18.3 Å². The molecule has 1 rings (SSSR count). The first-order chi connectivity index (χ1) is 9.58. The molecule has 0 heterocycles. The minimum atomic E-state index is 0. The molecular formula is C16H27ClN2O2. The smallest absolute Gasteiger partial charge is 0.220 e. The van der Waals surface area contributed by atoms with Crippen LogP contribution < -0.4 is 15.8 Å². The summed E-state index contributed by atoms with van der Waals surface area (Å²) in [6.45, 7) is 4.78. The summed E-state index contributed by atoms with van der Waals surface area (Å²) in [6, 6.07) is 8.04. The van der Waals surface area contributed by atoms with E-state index in [0.29, 0.717) is 18.9 Å². The topological polar surface area (TPSA) is 64.3 Å². The Morgan fingerprint density at radius 1 is 1.33 bits per heavy atom. The highest BCUT2D eigenvalue weighted by Gasteiger charge is 2.18. The molecule has 0 saturated heterocycles. The lowest BCUT2D eigenvalue weighted by atomic mass is 9.95. The number of nitrogens with one attached hydrogen (secondary N) is 1. The third-order valence-corrected chi connectivity index (χ3v) is 3.39. The summed E-state index contributed by atoms with van der Waals surface area (Å²) in [5.74, 6) is 1.31. The highest BCUT2D eigenvalue weighted by molar-refractivity contribution is 5.85. The molecule has 1 atom stereocenters. The molecule has 120 valence electrons. The SMILES string of the molecule is COc1ccccc1CC(NC(=O)CCCN)C(C)C.Cl. The minimum absolute atomic E-state index is 0. The Kier molecular flexibility index (Phi) is 9.84. The van der Waals surface area contributed by atoms with Crippen molar-refractivity contribution in [2.45, 2.75) is 39.2 Å². The number of carbonyl (C=O) groups excluding carboxylic acids is 1. The van der Waals surface area contributed by atoms with E-state index in [1.165, 1.54) is 0 Å². The zero-order valence-electron chi connectivity index (χ0n) is 13.1. The maximum atomic E-state index is 11.9. The van der Waals surface area contributed by atoms with Crippen LogP contribution in [-0.2, 0) is 11.2 Å². The number of carbonyl (C=O) groups is 1. The zero-order chi connectivity index (χ0) is 15.0. The minimum Gasteiger partial charge on any atom is -0.496 e. The van der Waals surface area contributed by atoms with Gasteiger partial charge in [0.2, 0.25) is 5.91 Å². The monoisotopic (exact) mass is 314 g/mol. The van der Waals surface area contributed by atoms with E-state index in [2.05, 4.69) is 19.2 Å². The van der Waals surface area contributed by atoms with Gasteiger partial charge in [-0.15, -0.1) is 12.4 Å². The fourth-order valence-corrected chi connectivity index (χ4v) is 2.10. The van der Waals surface area contributed by atoms with Crippen LogP contribution >= 0.6 is 12.4 Å². The van der Waals surface area contributed by atoms with Gasteiger partial charge in [0.05, 0.1) is 7.11 Å². The second-order valence-corrected chi connectivity index (χ2v) is 5.33. The number of methoxy groups -OCH3 is 1. The molecular weight excluding hydrogens is 288 g/mol. The van der Waals surface area contributed by atoms with Crippen molar-refractivity contribution in [1.82, 2.24) is 5.32 Å². The average molecular weight is 315 g/mol. The second-order valence-electron chi connectivity index (χ2n) is 5.33. The number of hydrogen-bond donors (Lipinski definition) is 2. The summed E-state index contributed by atoms with van der Waals surface area (Å²) in [6.07, 6.45) is 1.99. The number of halogens is 1. The van der Waals surface area contributed by atoms with Crippen LogP contribution in [0, 0.1) is 5.92 Å². The van der Waals surface area contributed by atoms with Gasteiger partial charge in [0.1, 0.15) is 5.75 Å². The van der Waals surface area contributed by atoms with Crippen LogP contribution in [0.1, 0.15) is 32.3 Å². The van der Waals surface area contributed by atoms with E-state index in [0.717, 1.165) is 24.2 Å². The normalized spacial score (nSPS) is 11.7. The number of nitrogens with two attached hydrogens (primary N) is 1. The van der Waals surface area contributed by atoms with Crippen LogP contribution in [0.2, 0.25) is 0 Å². The van der Waals surface area contributed by atoms with Gasteiger partial charge in [0.15, 0.2) is 0 Å². The molecule has 5 heteroatoms. The Morgan fingerprint density at radius 2 is 2.00 bits per heavy atom. The van der Waals surface area contributed by atoms with Crippen molar-refractivity contribution < 1.29 is 9.53 Å². The first-order valence-electron chi connectivity index (χ1n) is 7.19. The summed E-state index contributed by atoms with van der Waals surface area (Å²) < 4.78 is 5.37. The molecule has 0 aromatic heterocycles. The lowest BCUT2D eigenvalue weighted by Crippen LogP contribution is -2.40. The zero-order valence-corrected chi connectivity index (χ0v) is 13.9. The van der Waals surface area contributed by atoms with Gasteiger partial charge in [-0.3, -0.25) is 4.79 Å². The highest BCUT2D eigenvalue weighted by Crippen LogP contribution is 2.21. The number of benzene rings is 1. The Hall–Kier alpha value is -1.26. The van der Waals surface area contributed by atoms with E-state index in [1.807, 2.05) is 24.3 Å². The molecule has 0 radical (unpaired) electrons. The molecule has 0 fully saturated rings. The van der Waals surface area contributed by atoms with Gasteiger partial charge in [-0.25, -0.2) is 0 Å². The molecule has 1 aromatic rings. The van der Waals surface area contributed by atoms with Crippen LogP contribution in [0.25, 0.3) is 0 Å². The van der Waals surface area contributed by atoms with E-state index in [1.54, 1.807) is 7.11 Å². The molecule has 0 aliphatic rings.